The summed E-state index contributed by atoms with van der Waals surface area (Å²) in [5.74, 6) is 1.40. The molecule has 5 heteroatoms. The van der Waals surface area contributed by atoms with Crippen molar-refractivity contribution in [1.29, 1.82) is 0 Å². The van der Waals surface area contributed by atoms with Crippen LogP contribution in [0.25, 0.3) is 0 Å². The van der Waals surface area contributed by atoms with Gasteiger partial charge in [0.2, 0.25) is 5.89 Å². The normalized spacial score (nSPS) is 12.9. The molecule has 0 spiro atoms. The maximum Gasteiger partial charge on any atom is 0.223 e. The van der Waals surface area contributed by atoms with Crippen LogP contribution < -0.4 is 5.32 Å². The molecule has 0 saturated carbocycles. The molecule has 0 bridgehead atoms. The van der Waals surface area contributed by atoms with E-state index in [-0.39, 0.29) is 0 Å². The third kappa shape index (κ3) is 3.14. The Bertz CT molecular complexity index is 478. The van der Waals surface area contributed by atoms with Crippen LogP contribution in [0.4, 0.5) is 0 Å². The number of rotatable bonds is 5. The number of hydrogen-bond donors (Lipinski definition) is 1. The van der Waals surface area contributed by atoms with E-state index in [4.69, 9.17) is 4.52 Å². The van der Waals surface area contributed by atoms with Crippen molar-refractivity contribution in [2.45, 2.75) is 33.2 Å². The van der Waals surface area contributed by atoms with Gasteiger partial charge >= 0.3 is 0 Å². The Morgan fingerprint density at radius 2 is 2.29 bits per heavy atom. The highest BCUT2D eigenvalue weighted by Gasteiger charge is 2.09. The molecular weight excluding hydrogens is 234 g/mol. The highest BCUT2D eigenvalue weighted by atomic mass is 32.1. The molecular formula is C12H17N3OS. The first kappa shape index (κ1) is 12.3. The summed E-state index contributed by atoms with van der Waals surface area (Å²) in [5.41, 5.74) is 1.35. The quantitative estimate of drug-likeness (QED) is 0.887. The highest BCUT2D eigenvalue weighted by Crippen LogP contribution is 2.23. The molecule has 0 aromatic carbocycles. The van der Waals surface area contributed by atoms with E-state index in [0.717, 1.165) is 18.8 Å². The minimum absolute atomic E-state index is 0.378. The molecule has 2 aromatic heterocycles. The molecule has 1 N–H and O–H groups in total. The lowest BCUT2D eigenvalue weighted by molar-refractivity contribution is 0.386. The average Bonchev–Trinajstić information content (AvgIpc) is 2.87. The summed E-state index contributed by atoms with van der Waals surface area (Å²) in [7, 11) is 0. The number of thiophene rings is 1. The van der Waals surface area contributed by atoms with Crippen molar-refractivity contribution in [3.8, 4) is 0 Å². The van der Waals surface area contributed by atoms with Crippen LogP contribution in [0.5, 0.6) is 0 Å². The molecule has 4 nitrogen and oxygen atoms in total. The van der Waals surface area contributed by atoms with Crippen LogP contribution in [0.3, 0.4) is 0 Å². The van der Waals surface area contributed by atoms with Gasteiger partial charge in [-0.3, -0.25) is 0 Å². The largest absolute Gasteiger partial charge is 0.340 e. The molecule has 92 valence electrons. The molecule has 0 radical (unpaired) electrons. The van der Waals surface area contributed by atoms with Gasteiger partial charge in [-0.25, -0.2) is 0 Å². The number of nitrogens with zero attached hydrogens (tertiary/aromatic N) is 2. The first-order valence-corrected chi connectivity index (χ1v) is 6.61. The van der Waals surface area contributed by atoms with Crippen molar-refractivity contribution < 1.29 is 4.52 Å². The second-order valence-corrected chi connectivity index (χ2v) is 5.07. The molecule has 1 unspecified atom stereocenters. The summed E-state index contributed by atoms with van der Waals surface area (Å²) in [6.45, 7) is 6.99. The smallest absolute Gasteiger partial charge is 0.223 e. The summed E-state index contributed by atoms with van der Waals surface area (Å²) >= 11 is 1.80. The van der Waals surface area contributed by atoms with E-state index in [1.165, 1.54) is 10.4 Å². The molecule has 0 aliphatic heterocycles. The van der Waals surface area contributed by atoms with Gasteiger partial charge in [0, 0.05) is 30.8 Å². The van der Waals surface area contributed by atoms with Crippen LogP contribution in [-0.4, -0.2) is 16.7 Å². The zero-order chi connectivity index (χ0) is 12.3. The molecule has 0 aliphatic rings. The Morgan fingerprint density at radius 3 is 2.88 bits per heavy atom. The Morgan fingerprint density at radius 1 is 1.47 bits per heavy atom. The van der Waals surface area contributed by atoms with Crippen LogP contribution in [0, 0.1) is 13.8 Å². The topological polar surface area (TPSA) is 51.0 Å². The molecule has 2 heterocycles. The van der Waals surface area contributed by atoms with E-state index in [1.54, 1.807) is 11.3 Å². The van der Waals surface area contributed by atoms with E-state index >= 15 is 0 Å². The molecule has 0 fully saturated rings. The van der Waals surface area contributed by atoms with Gasteiger partial charge in [0.25, 0.3) is 0 Å². The molecule has 2 aromatic rings. The Hall–Kier alpha value is -1.20. The van der Waals surface area contributed by atoms with Gasteiger partial charge in [0.05, 0.1) is 0 Å². The lowest BCUT2D eigenvalue weighted by atomic mass is 10.2. The maximum absolute atomic E-state index is 4.93. The first-order valence-electron chi connectivity index (χ1n) is 5.73. The molecule has 0 amide bonds. The van der Waals surface area contributed by atoms with Crippen LogP contribution in [0.1, 0.15) is 35.1 Å². The van der Waals surface area contributed by atoms with Gasteiger partial charge in [-0.2, -0.15) is 4.98 Å². The van der Waals surface area contributed by atoms with Gasteiger partial charge in [0.1, 0.15) is 0 Å². The second-order valence-electron chi connectivity index (χ2n) is 4.12. The van der Waals surface area contributed by atoms with Gasteiger partial charge in [-0.15, -0.1) is 11.3 Å². The Balaban J connectivity index is 1.81. The van der Waals surface area contributed by atoms with E-state index in [2.05, 4.69) is 40.8 Å². The van der Waals surface area contributed by atoms with Crippen LogP contribution >= 0.6 is 11.3 Å². The molecule has 17 heavy (non-hydrogen) atoms. The van der Waals surface area contributed by atoms with Crippen molar-refractivity contribution in [2.24, 2.45) is 0 Å². The van der Waals surface area contributed by atoms with E-state index in [1.807, 2.05) is 6.92 Å². The van der Waals surface area contributed by atoms with Gasteiger partial charge in [0.15, 0.2) is 5.82 Å². The molecule has 0 saturated heterocycles. The SMILES string of the molecule is Cc1nc(CCNC(C)c2sccc2C)no1. The van der Waals surface area contributed by atoms with E-state index in [0.29, 0.717) is 11.9 Å². The van der Waals surface area contributed by atoms with Crippen molar-refractivity contribution in [2.75, 3.05) is 6.54 Å². The number of hydrogen-bond acceptors (Lipinski definition) is 5. The third-order valence-corrected chi connectivity index (χ3v) is 3.87. The van der Waals surface area contributed by atoms with Crippen molar-refractivity contribution in [3.63, 3.8) is 0 Å². The monoisotopic (exact) mass is 251 g/mol. The van der Waals surface area contributed by atoms with Crippen LogP contribution in [0.15, 0.2) is 16.0 Å². The number of aryl methyl sites for hydroxylation is 2. The predicted molar refractivity (Wildman–Crippen MR) is 68.2 cm³/mol. The lowest BCUT2D eigenvalue weighted by Crippen LogP contribution is -2.21. The van der Waals surface area contributed by atoms with Crippen LogP contribution in [0.2, 0.25) is 0 Å². The lowest BCUT2D eigenvalue weighted by Gasteiger charge is -2.12. The van der Waals surface area contributed by atoms with Crippen molar-refractivity contribution in [1.82, 2.24) is 15.5 Å². The number of nitrogens with one attached hydrogen (secondary N) is 1. The van der Waals surface area contributed by atoms with Crippen molar-refractivity contribution in [3.05, 3.63) is 33.6 Å². The summed E-state index contributed by atoms with van der Waals surface area (Å²) in [4.78, 5) is 5.57. The third-order valence-electron chi connectivity index (χ3n) is 2.66. The summed E-state index contributed by atoms with van der Waals surface area (Å²) in [6.07, 6.45) is 0.798. The van der Waals surface area contributed by atoms with Gasteiger partial charge in [-0.1, -0.05) is 5.16 Å². The predicted octanol–water partition coefficient (Wildman–Crippen LogP) is 2.64. The molecule has 1 atom stereocenters. The zero-order valence-electron chi connectivity index (χ0n) is 10.4. The minimum atomic E-state index is 0.378. The standard InChI is InChI=1S/C12H17N3OS/c1-8-5-7-17-12(8)9(2)13-6-4-11-14-10(3)16-15-11/h5,7,9,13H,4,6H2,1-3H3. The van der Waals surface area contributed by atoms with Crippen LogP contribution in [-0.2, 0) is 6.42 Å². The van der Waals surface area contributed by atoms with E-state index in [9.17, 15) is 0 Å². The van der Waals surface area contributed by atoms with Crippen molar-refractivity contribution >= 4 is 11.3 Å². The molecule has 2 rings (SSSR count). The Labute approximate surface area is 105 Å². The highest BCUT2D eigenvalue weighted by molar-refractivity contribution is 7.10. The average molecular weight is 251 g/mol. The van der Waals surface area contributed by atoms with Gasteiger partial charge in [-0.05, 0) is 30.9 Å². The number of aromatic nitrogens is 2. The summed E-state index contributed by atoms with van der Waals surface area (Å²) in [5, 5.41) is 9.47. The fourth-order valence-corrected chi connectivity index (χ4v) is 2.72. The Kier molecular flexibility index (Phi) is 3.91. The fraction of sp³-hybridized carbons (Fsp3) is 0.500. The van der Waals surface area contributed by atoms with Gasteiger partial charge < -0.3 is 9.84 Å². The summed E-state index contributed by atoms with van der Waals surface area (Å²) < 4.78 is 4.93. The maximum atomic E-state index is 4.93. The van der Waals surface area contributed by atoms with E-state index < -0.39 is 0 Å². The molecule has 0 aliphatic carbocycles. The first-order chi connectivity index (χ1) is 8.16. The minimum Gasteiger partial charge on any atom is -0.340 e. The fourth-order valence-electron chi connectivity index (χ4n) is 1.76. The zero-order valence-corrected chi connectivity index (χ0v) is 11.2. The second kappa shape index (κ2) is 5.42. The summed E-state index contributed by atoms with van der Waals surface area (Å²) in [6, 6.07) is 2.53.